The molecule has 0 unspecified atom stereocenters. The van der Waals surface area contributed by atoms with Gasteiger partial charge in [0.2, 0.25) is 0 Å². The molecule has 1 aromatic carbocycles. The molecule has 0 saturated heterocycles. The third-order valence-electron chi connectivity index (χ3n) is 2.93. The summed E-state index contributed by atoms with van der Waals surface area (Å²) in [6.07, 6.45) is 5.55. The number of fused-ring (bicyclic) bond motifs is 1. The molecular weight excluding hydrogens is 278 g/mol. The van der Waals surface area contributed by atoms with Crippen LogP contribution >= 0.6 is 23.4 Å². The van der Waals surface area contributed by atoms with Crippen LogP contribution in [0.2, 0.25) is 5.02 Å². The van der Waals surface area contributed by atoms with E-state index in [0.29, 0.717) is 0 Å². The van der Waals surface area contributed by atoms with E-state index in [2.05, 4.69) is 9.97 Å². The summed E-state index contributed by atoms with van der Waals surface area (Å²) in [6.45, 7) is 0. The first-order valence-corrected chi connectivity index (χ1v) is 7.24. The number of hydrogen-bond donors (Lipinski definition) is 0. The Kier molecular flexibility index (Phi) is 3.44. The fourth-order valence-electron chi connectivity index (χ4n) is 1.95. The summed E-state index contributed by atoms with van der Waals surface area (Å²) in [7, 11) is 1.99. The molecule has 96 valence electrons. The lowest BCUT2D eigenvalue weighted by Crippen LogP contribution is -1.92. The Balaban J connectivity index is 1.93. The minimum Gasteiger partial charge on any atom is -0.329 e. The second-order valence-corrected chi connectivity index (χ2v) is 5.57. The van der Waals surface area contributed by atoms with Gasteiger partial charge in [-0.05, 0) is 23.8 Å². The number of rotatable bonds is 3. The summed E-state index contributed by atoms with van der Waals surface area (Å²) in [5, 5.41) is 2.75. The molecule has 0 aliphatic carbocycles. The SMILES string of the molecule is Cn1ccnc1SCc1ccc(Cl)c2cccnc12. The minimum absolute atomic E-state index is 0.744. The summed E-state index contributed by atoms with van der Waals surface area (Å²) in [5.41, 5.74) is 2.14. The quantitative estimate of drug-likeness (QED) is 0.685. The van der Waals surface area contributed by atoms with E-state index in [1.54, 1.807) is 24.2 Å². The lowest BCUT2D eigenvalue weighted by atomic mass is 10.1. The molecule has 0 N–H and O–H groups in total. The van der Waals surface area contributed by atoms with Gasteiger partial charge >= 0.3 is 0 Å². The normalized spacial score (nSPS) is 11.1. The van der Waals surface area contributed by atoms with E-state index in [9.17, 15) is 0 Å². The maximum Gasteiger partial charge on any atom is 0.167 e. The van der Waals surface area contributed by atoms with Crippen molar-refractivity contribution in [2.45, 2.75) is 10.9 Å². The van der Waals surface area contributed by atoms with Crippen molar-refractivity contribution in [3.8, 4) is 0 Å². The predicted octanol–water partition coefficient (Wildman–Crippen LogP) is 3.91. The van der Waals surface area contributed by atoms with Crippen LogP contribution in [0.3, 0.4) is 0 Å². The van der Waals surface area contributed by atoms with Gasteiger partial charge in [-0.1, -0.05) is 29.4 Å². The molecule has 3 rings (SSSR count). The molecule has 0 aliphatic rings. The second-order valence-electron chi connectivity index (χ2n) is 4.22. The second kappa shape index (κ2) is 5.23. The fraction of sp³-hybridized carbons (Fsp3) is 0.143. The highest BCUT2D eigenvalue weighted by molar-refractivity contribution is 7.98. The number of benzene rings is 1. The first kappa shape index (κ1) is 12.5. The van der Waals surface area contributed by atoms with Gasteiger partial charge in [-0.15, -0.1) is 0 Å². The number of halogens is 1. The number of pyridine rings is 1. The van der Waals surface area contributed by atoms with E-state index >= 15 is 0 Å². The Hall–Kier alpha value is -1.52. The molecule has 3 nitrogen and oxygen atoms in total. The molecule has 0 fully saturated rings. The number of thioether (sulfide) groups is 1. The van der Waals surface area contributed by atoms with Crippen LogP contribution in [0, 0.1) is 0 Å². The monoisotopic (exact) mass is 289 g/mol. The van der Waals surface area contributed by atoms with Gasteiger partial charge in [-0.2, -0.15) is 0 Å². The van der Waals surface area contributed by atoms with Crippen molar-refractivity contribution >= 4 is 34.3 Å². The van der Waals surface area contributed by atoms with Crippen LogP contribution in [0.5, 0.6) is 0 Å². The average molecular weight is 290 g/mol. The summed E-state index contributed by atoms with van der Waals surface area (Å²) >= 11 is 7.89. The van der Waals surface area contributed by atoms with E-state index in [-0.39, 0.29) is 0 Å². The Morgan fingerprint density at radius 3 is 2.89 bits per heavy atom. The van der Waals surface area contributed by atoms with Crippen molar-refractivity contribution < 1.29 is 0 Å². The van der Waals surface area contributed by atoms with Crippen LogP contribution in [-0.4, -0.2) is 14.5 Å². The van der Waals surface area contributed by atoms with Gasteiger partial charge in [0.15, 0.2) is 5.16 Å². The predicted molar refractivity (Wildman–Crippen MR) is 79.5 cm³/mol. The van der Waals surface area contributed by atoms with Crippen LogP contribution in [0.1, 0.15) is 5.56 Å². The number of aryl methyl sites for hydroxylation is 1. The van der Waals surface area contributed by atoms with Gasteiger partial charge in [0, 0.05) is 41.8 Å². The third-order valence-corrected chi connectivity index (χ3v) is 4.37. The zero-order valence-corrected chi connectivity index (χ0v) is 11.9. The van der Waals surface area contributed by atoms with Gasteiger partial charge in [-0.3, -0.25) is 4.98 Å². The van der Waals surface area contributed by atoms with Gasteiger partial charge in [0.25, 0.3) is 0 Å². The molecule has 0 saturated carbocycles. The van der Waals surface area contributed by atoms with Gasteiger partial charge in [0.1, 0.15) is 0 Å². The number of aromatic nitrogens is 3. The number of nitrogens with zero attached hydrogens (tertiary/aromatic N) is 3. The Bertz CT molecular complexity index is 724. The zero-order valence-electron chi connectivity index (χ0n) is 10.4. The van der Waals surface area contributed by atoms with Gasteiger partial charge in [0.05, 0.1) is 5.52 Å². The van der Waals surface area contributed by atoms with Crippen molar-refractivity contribution in [2.75, 3.05) is 0 Å². The molecule has 0 bridgehead atoms. The Labute approximate surface area is 120 Å². The lowest BCUT2D eigenvalue weighted by Gasteiger charge is -2.07. The van der Waals surface area contributed by atoms with E-state index < -0.39 is 0 Å². The Morgan fingerprint density at radius 2 is 2.11 bits per heavy atom. The first-order valence-electron chi connectivity index (χ1n) is 5.88. The molecule has 19 heavy (non-hydrogen) atoms. The average Bonchev–Trinajstić information content (AvgIpc) is 2.84. The molecule has 2 aromatic heterocycles. The molecule has 5 heteroatoms. The third kappa shape index (κ3) is 2.46. The number of imidazole rings is 1. The molecule has 2 heterocycles. The van der Waals surface area contributed by atoms with Crippen molar-refractivity contribution in [2.24, 2.45) is 7.05 Å². The fourth-order valence-corrected chi connectivity index (χ4v) is 3.08. The highest BCUT2D eigenvalue weighted by Gasteiger charge is 2.07. The van der Waals surface area contributed by atoms with Gasteiger partial charge < -0.3 is 4.57 Å². The zero-order chi connectivity index (χ0) is 13.2. The highest BCUT2D eigenvalue weighted by atomic mass is 35.5. The standard InChI is InChI=1S/C14H12ClN3S/c1-18-8-7-17-14(18)19-9-10-4-5-12(15)11-3-2-6-16-13(10)11/h2-8H,9H2,1H3. The first-order chi connectivity index (χ1) is 9.25. The molecule has 0 atom stereocenters. The summed E-state index contributed by atoms with van der Waals surface area (Å²) in [6, 6.07) is 7.87. The van der Waals surface area contributed by atoms with Crippen LogP contribution in [-0.2, 0) is 12.8 Å². The van der Waals surface area contributed by atoms with Crippen LogP contribution in [0.25, 0.3) is 10.9 Å². The van der Waals surface area contributed by atoms with Crippen molar-refractivity contribution in [3.63, 3.8) is 0 Å². The lowest BCUT2D eigenvalue weighted by molar-refractivity contribution is 0.790. The molecule has 0 aliphatic heterocycles. The molecule has 0 radical (unpaired) electrons. The van der Waals surface area contributed by atoms with Crippen LogP contribution < -0.4 is 0 Å². The van der Waals surface area contributed by atoms with Crippen molar-refractivity contribution in [1.82, 2.24) is 14.5 Å². The number of hydrogen-bond acceptors (Lipinski definition) is 3. The highest BCUT2D eigenvalue weighted by Crippen LogP contribution is 2.29. The summed E-state index contributed by atoms with van der Waals surface area (Å²) < 4.78 is 2.01. The maximum absolute atomic E-state index is 6.19. The van der Waals surface area contributed by atoms with E-state index in [4.69, 9.17) is 11.6 Å². The van der Waals surface area contributed by atoms with Gasteiger partial charge in [-0.25, -0.2) is 4.98 Å². The molecule has 3 aromatic rings. The largest absolute Gasteiger partial charge is 0.329 e. The Morgan fingerprint density at radius 1 is 1.21 bits per heavy atom. The summed E-state index contributed by atoms with van der Waals surface area (Å²) in [4.78, 5) is 8.75. The minimum atomic E-state index is 0.744. The van der Waals surface area contributed by atoms with E-state index in [0.717, 1.165) is 26.8 Å². The molecule has 0 amide bonds. The van der Waals surface area contributed by atoms with Crippen molar-refractivity contribution in [1.29, 1.82) is 0 Å². The summed E-state index contributed by atoms with van der Waals surface area (Å²) in [5.74, 6) is 0.829. The van der Waals surface area contributed by atoms with E-state index in [1.165, 1.54) is 5.56 Å². The molecule has 0 spiro atoms. The van der Waals surface area contributed by atoms with Crippen LogP contribution in [0.15, 0.2) is 48.0 Å². The van der Waals surface area contributed by atoms with Crippen LogP contribution in [0.4, 0.5) is 0 Å². The smallest absolute Gasteiger partial charge is 0.167 e. The maximum atomic E-state index is 6.19. The topological polar surface area (TPSA) is 30.7 Å². The van der Waals surface area contributed by atoms with E-state index in [1.807, 2.05) is 42.1 Å². The van der Waals surface area contributed by atoms with Crippen molar-refractivity contribution in [3.05, 3.63) is 53.4 Å². The molecular formula is C14H12ClN3S.